The number of nitrogens with one attached hydrogen (secondary N) is 1. The number of carbonyl (C=O) groups excluding carboxylic acids is 1. The molecule has 1 aliphatic rings. The Hall–Kier alpha value is -2.75. The van der Waals surface area contributed by atoms with Crippen LogP contribution < -0.4 is 10.6 Å². The number of primary sulfonamides is 1. The zero-order valence-corrected chi connectivity index (χ0v) is 20.8. The van der Waals surface area contributed by atoms with Crippen molar-refractivity contribution in [1.82, 2.24) is 10.4 Å². The highest BCUT2D eigenvalue weighted by molar-refractivity contribution is 7.89. The highest BCUT2D eigenvalue weighted by atomic mass is 32.2. The van der Waals surface area contributed by atoms with Gasteiger partial charge in [-0.25, -0.2) is 27.8 Å². The average Bonchev–Trinajstić information content (AvgIpc) is 3.12. The normalized spacial score (nSPS) is 16.7. The topological polar surface area (TPSA) is 102 Å². The first kappa shape index (κ1) is 25.9. The van der Waals surface area contributed by atoms with Crippen LogP contribution in [0.15, 0.2) is 58.6 Å². The Morgan fingerprint density at radius 1 is 1.18 bits per heavy atom. The lowest BCUT2D eigenvalue weighted by molar-refractivity contribution is -0.139. The molecule has 0 fully saturated rings. The minimum Gasteiger partial charge on any atom is -0.463 e. The number of esters is 1. The van der Waals surface area contributed by atoms with E-state index >= 15 is 4.39 Å². The van der Waals surface area contributed by atoms with Crippen LogP contribution >= 0.6 is 0 Å². The van der Waals surface area contributed by atoms with E-state index in [1.807, 2.05) is 25.8 Å². The minimum absolute atomic E-state index is 0.0811. The van der Waals surface area contributed by atoms with Crippen molar-refractivity contribution < 1.29 is 22.3 Å². The number of carbonyl (C=O) groups is 1. The highest BCUT2D eigenvalue weighted by Gasteiger charge is 2.38. The van der Waals surface area contributed by atoms with Gasteiger partial charge in [-0.2, -0.15) is 0 Å². The van der Waals surface area contributed by atoms with Gasteiger partial charge in [-0.1, -0.05) is 51.1 Å². The van der Waals surface area contributed by atoms with Crippen LogP contribution in [0.3, 0.4) is 0 Å². The number of rotatable bonds is 9. The molecular weight excluding hydrogens is 457 g/mol. The summed E-state index contributed by atoms with van der Waals surface area (Å²) in [7, 11) is -4.02. The first-order valence-electron chi connectivity index (χ1n) is 11.4. The average molecular weight is 490 g/mol. The van der Waals surface area contributed by atoms with Crippen LogP contribution in [0.2, 0.25) is 0 Å². The summed E-state index contributed by atoms with van der Waals surface area (Å²) >= 11 is 0. The molecule has 7 nitrogen and oxygen atoms in total. The fraction of sp³-hybridized carbons (Fsp3) is 0.400. The molecule has 0 aromatic heterocycles. The summed E-state index contributed by atoms with van der Waals surface area (Å²) in [5, 5.41) is 7.33. The summed E-state index contributed by atoms with van der Waals surface area (Å²) < 4.78 is 44.5. The van der Waals surface area contributed by atoms with Crippen molar-refractivity contribution in [3.8, 4) is 11.1 Å². The summed E-state index contributed by atoms with van der Waals surface area (Å²) in [6.45, 7) is 8.79. The van der Waals surface area contributed by atoms with Crippen molar-refractivity contribution in [3.05, 3.63) is 65.1 Å². The van der Waals surface area contributed by atoms with E-state index in [9.17, 15) is 13.2 Å². The molecule has 0 spiro atoms. The molecule has 3 rings (SSSR count). The van der Waals surface area contributed by atoms with Gasteiger partial charge in [0, 0.05) is 23.4 Å². The van der Waals surface area contributed by atoms with E-state index in [4.69, 9.17) is 9.88 Å². The van der Waals surface area contributed by atoms with Crippen LogP contribution in [0.1, 0.15) is 39.7 Å². The van der Waals surface area contributed by atoms with Gasteiger partial charge in [-0.3, -0.25) is 0 Å². The van der Waals surface area contributed by atoms with E-state index in [0.717, 1.165) is 12.1 Å². The Kier molecular flexibility index (Phi) is 8.12. The fourth-order valence-electron chi connectivity index (χ4n) is 4.25. The monoisotopic (exact) mass is 489 g/mol. The zero-order chi connectivity index (χ0) is 25.0. The summed E-state index contributed by atoms with van der Waals surface area (Å²) in [6, 6.07) is 10.4. The third-order valence-corrected chi connectivity index (χ3v) is 6.72. The minimum atomic E-state index is -4.02. The fourth-order valence-corrected chi connectivity index (χ4v) is 5.01. The number of hydrazine groups is 1. The van der Waals surface area contributed by atoms with Crippen LogP contribution in [0.4, 0.5) is 4.39 Å². The van der Waals surface area contributed by atoms with Gasteiger partial charge in [0.05, 0.1) is 23.1 Å². The molecule has 9 heteroatoms. The van der Waals surface area contributed by atoms with Gasteiger partial charge < -0.3 is 10.2 Å². The Labute approximate surface area is 200 Å². The van der Waals surface area contributed by atoms with Crippen molar-refractivity contribution in [2.45, 2.75) is 51.5 Å². The number of hydrogen-bond donors (Lipinski definition) is 2. The Bertz CT molecular complexity index is 1190. The number of benzene rings is 2. The lowest BCUT2D eigenvalue weighted by Gasteiger charge is -2.26. The summed E-state index contributed by atoms with van der Waals surface area (Å²) in [5.41, 5.74) is 5.77. The summed E-state index contributed by atoms with van der Waals surface area (Å²) in [4.78, 5) is 12.7. The molecule has 1 heterocycles. The second kappa shape index (κ2) is 10.7. The van der Waals surface area contributed by atoms with Crippen LogP contribution in [0.5, 0.6) is 0 Å². The van der Waals surface area contributed by atoms with Gasteiger partial charge >= 0.3 is 5.97 Å². The molecule has 1 atom stereocenters. The van der Waals surface area contributed by atoms with Crippen molar-refractivity contribution in [1.29, 1.82) is 0 Å². The van der Waals surface area contributed by atoms with Gasteiger partial charge in [0.2, 0.25) is 10.0 Å². The second-order valence-corrected chi connectivity index (χ2v) is 10.1. The second-order valence-electron chi connectivity index (χ2n) is 8.58. The molecule has 0 saturated carbocycles. The molecule has 1 aliphatic heterocycles. The lowest BCUT2D eigenvalue weighted by atomic mass is 9.94. The summed E-state index contributed by atoms with van der Waals surface area (Å²) in [6.07, 6.45) is 1.24. The van der Waals surface area contributed by atoms with Crippen LogP contribution in [0, 0.1) is 11.7 Å². The molecule has 2 aromatic carbocycles. The summed E-state index contributed by atoms with van der Waals surface area (Å²) in [5.74, 6) is -0.855. The Balaban J connectivity index is 1.99. The number of nitrogens with two attached hydrogens (primary N) is 1. The first-order chi connectivity index (χ1) is 16.1. The van der Waals surface area contributed by atoms with Crippen molar-refractivity contribution in [2.24, 2.45) is 11.1 Å². The number of ether oxygens (including phenoxy) is 1. The number of allylic oxidation sites excluding steroid dienone is 1. The lowest BCUT2D eigenvalue weighted by Crippen LogP contribution is -2.42. The van der Waals surface area contributed by atoms with E-state index < -0.39 is 15.8 Å². The van der Waals surface area contributed by atoms with E-state index in [0.29, 0.717) is 24.1 Å². The molecule has 0 saturated heterocycles. The maximum atomic E-state index is 15.2. The molecule has 1 unspecified atom stereocenters. The van der Waals surface area contributed by atoms with Crippen LogP contribution in [0.25, 0.3) is 11.1 Å². The van der Waals surface area contributed by atoms with Gasteiger partial charge in [-0.15, -0.1) is 0 Å². The number of nitrogens with zero attached hydrogens (tertiary/aromatic N) is 1. The molecular formula is C25H32FN3O4S. The van der Waals surface area contributed by atoms with Gasteiger partial charge in [-0.05, 0) is 43.4 Å². The zero-order valence-electron chi connectivity index (χ0n) is 20.0. The maximum absolute atomic E-state index is 15.2. The van der Waals surface area contributed by atoms with Crippen molar-refractivity contribution >= 4 is 16.0 Å². The third-order valence-electron chi connectivity index (χ3n) is 5.75. The number of halogens is 1. The quantitative estimate of drug-likeness (QED) is 0.520. The molecule has 2 aromatic rings. The number of hydrogen-bond acceptors (Lipinski definition) is 6. The van der Waals surface area contributed by atoms with Gasteiger partial charge in [0.15, 0.2) is 0 Å². The van der Waals surface area contributed by atoms with Crippen LogP contribution in [-0.4, -0.2) is 38.6 Å². The van der Waals surface area contributed by atoms with E-state index in [-0.39, 0.29) is 40.6 Å². The van der Waals surface area contributed by atoms with Crippen molar-refractivity contribution in [2.75, 3.05) is 13.2 Å². The molecule has 184 valence electrons. The highest BCUT2D eigenvalue weighted by Crippen LogP contribution is 2.32. The Morgan fingerprint density at radius 3 is 2.47 bits per heavy atom. The van der Waals surface area contributed by atoms with Crippen molar-refractivity contribution in [3.63, 3.8) is 0 Å². The van der Waals surface area contributed by atoms with E-state index in [2.05, 4.69) is 5.43 Å². The first-order valence-corrected chi connectivity index (χ1v) is 13.0. The smallest absolute Gasteiger partial charge is 0.337 e. The van der Waals surface area contributed by atoms with E-state index in [1.165, 1.54) is 18.2 Å². The molecule has 0 amide bonds. The molecule has 3 N–H and O–H groups in total. The van der Waals surface area contributed by atoms with Gasteiger partial charge in [0.1, 0.15) is 5.82 Å². The number of sulfonamides is 1. The SMILES string of the molecule is CCCN1NC(C(C)C)=C(C(=O)OCC)C1Cc1ccc(-c2ccccc2S(N)(=O)=O)c(F)c1. The predicted octanol–water partition coefficient (Wildman–Crippen LogP) is 3.75. The molecule has 0 aliphatic carbocycles. The molecule has 34 heavy (non-hydrogen) atoms. The standard InChI is InChI=1S/C25H32FN3O4S/c1-5-13-29-21(23(25(30)33-6-2)24(28-29)16(3)4)15-17-11-12-18(20(26)14-17)19-9-7-8-10-22(19)34(27,31)32/h7-12,14,16,21,28H,5-6,13,15H2,1-4H3,(H2,27,31,32). The molecule has 0 bridgehead atoms. The van der Waals surface area contributed by atoms with Crippen LogP contribution in [-0.2, 0) is 26.0 Å². The Morgan fingerprint density at radius 2 is 1.88 bits per heavy atom. The predicted molar refractivity (Wildman–Crippen MR) is 129 cm³/mol. The largest absolute Gasteiger partial charge is 0.463 e. The molecule has 0 radical (unpaired) electrons. The van der Waals surface area contributed by atoms with Gasteiger partial charge in [0.25, 0.3) is 0 Å². The third kappa shape index (κ3) is 5.48. The maximum Gasteiger partial charge on any atom is 0.337 e. The van der Waals surface area contributed by atoms with E-state index in [1.54, 1.807) is 31.2 Å².